The van der Waals surface area contributed by atoms with Crippen molar-refractivity contribution < 1.29 is 21.6 Å². The zero-order valence-corrected chi connectivity index (χ0v) is 14.3. The lowest BCUT2D eigenvalue weighted by Crippen LogP contribution is -2.04. The molecule has 26 heavy (non-hydrogen) atoms. The topological polar surface area (TPSA) is 59.9 Å². The van der Waals surface area contributed by atoms with Gasteiger partial charge in [0.2, 0.25) is 0 Å². The van der Waals surface area contributed by atoms with Gasteiger partial charge in [0.1, 0.15) is 0 Å². The van der Waals surface area contributed by atoms with Gasteiger partial charge in [0.05, 0.1) is 34.2 Å². The summed E-state index contributed by atoms with van der Waals surface area (Å²) in [6.07, 6.45) is -0.319. The van der Waals surface area contributed by atoms with E-state index in [0.29, 0.717) is 22.5 Å². The number of rotatable bonds is 3. The summed E-state index contributed by atoms with van der Waals surface area (Å²) in [6, 6.07) is 10.8. The predicted molar refractivity (Wildman–Crippen MR) is 91.0 cm³/mol. The number of hydrogen-bond acceptors (Lipinski definition) is 4. The van der Waals surface area contributed by atoms with Crippen LogP contribution in [0.25, 0.3) is 22.5 Å². The quantitative estimate of drug-likeness (QED) is 0.684. The van der Waals surface area contributed by atoms with Crippen LogP contribution in [0.2, 0.25) is 0 Å². The van der Waals surface area contributed by atoms with E-state index in [2.05, 4.69) is 9.97 Å². The lowest BCUT2D eigenvalue weighted by molar-refractivity contribution is -0.137. The summed E-state index contributed by atoms with van der Waals surface area (Å²) in [5, 5.41) is 0. The fourth-order valence-electron chi connectivity index (χ4n) is 2.35. The van der Waals surface area contributed by atoms with E-state index in [0.717, 1.165) is 18.4 Å². The van der Waals surface area contributed by atoms with Crippen molar-refractivity contribution >= 4 is 9.84 Å². The molecule has 0 saturated heterocycles. The minimum absolute atomic E-state index is 0.188. The molecule has 0 atom stereocenters. The highest BCUT2D eigenvalue weighted by atomic mass is 32.2. The van der Waals surface area contributed by atoms with Crippen LogP contribution in [0.4, 0.5) is 13.2 Å². The number of aromatic nitrogens is 2. The fraction of sp³-hybridized carbons (Fsp3) is 0.111. The Hall–Kier alpha value is -2.74. The summed E-state index contributed by atoms with van der Waals surface area (Å²) < 4.78 is 61.0. The second kappa shape index (κ2) is 6.53. The minimum Gasteiger partial charge on any atom is -0.260 e. The highest BCUT2D eigenvalue weighted by molar-refractivity contribution is 7.90. The van der Waals surface area contributed by atoms with Crippen molar-refractivity contribution in [3.63, 3.8) is 0 Å². The minimum atomic E-state index is -4.40. The van der Waals surface area contributed by atoms with E-state index in [1.165, 1.54) is 36.7 Å². The molecule has 0 saturated carbocycles. The molecule has 0 spiro atoms. The lowest BCUT2D eigenvalue weighted by Gasteiger charge is -2.08. The first kappa shape index (κ1) is 18.1. The molecule has 134 valence electrons. The van der Waals surface area contributed by atoms with Gasteiger partial charge in [-0.2, -0.15) is 13.2 Å². The summed E-state index contributed by atoms with van der Waals surface area (Å²) in [6.45, 7) is 0. The molecule has 1 aromatic heterocycles. The monoisotopic (exact) mass is 378 g/mol. The van der Waals surface area contributed by atoms with Gasteiger partial charge in [-0.1, -0.05) is 24.3 Å². The van der Waals surface area contributed by atoms with Gasteiger partial charge < -0.3 is 0 Å². The lowest BCUT2D eigenvalue weighted by atomic mass is 10.1. The van der Waals surface area contributed by atoms with Crippen LogP contribution in [-0.2, 0) is 16.0 Å². The second-order valence-corrected chi connectivity index (χ2v) is 7.68. The maximum atomic E-state index is 12.7. The van der Waals surface area contributed by atoms with E-state index < -0.39 is 21.6 Å². The third kappa shape index (κ3) is 3.91. The molecule has 0 aliphatic heterocycles. The molecule has 0 aliphatic carbocycles. The Morgan fingerprint density at radius 2 is 1.27 bits per heavy atom. The van der Waals surface area contributed by atoms with Gasteiger partial charge in [-0.3, -0.25) is 4.98 Å². The third-order valence-corrected chi connectivity index (χ3v) is 4.85. The number of halogens is 3. The van der Waals surface area contributed by atoms with E-state index >= 15 is 0 Å². The average molecular weight is 378 g/mol. The van der Waals surface area contributed by atoms with E-state index in [4.69, 9.17) is 0 Å². The van der Waals surface area contributed by atoms with Crippen molar-refractivity contribution in [2.75, 3.05) is 6.26 Å². The Kier molecular flexibility index (Phi) is 4.53. The van der Waals surface area contributed by atoms with E-state index in [9.17, 15) is 21.6 Å². The zero-order valence-electron chi connectivity index (χ0n) is 13.5. The highest BCUT2D eigenvalue weighted by Crippen LogP contribution is 2.31. The first-order valence-electron chi connectivity index (χ1n) is 7.45. The van der Waals surface area contributed by atoms with Gasteiger partial charge in [0, 0.05) is 17.4 Å². The Bertz CT molecular complexity index is 1030. The maximum Gasteiger partial charge on any atom is 0.416 e. The summed E-state index contributed by atoms with van der Waals surface area (Å²) in [4.78, 5) is 8.67. The van der Waals surface area contributed by atoms with Gasteiger partial charge in [-0.05, 0) is 24.3 Å². The molecule has 4 nitrogen and oxygen atoms in total. The first-order chi connectivity index (χ1) is 12.1. The molecule has 8 heteroatoms. The summed E-state index contributed by atoms with van der Waals surface area (Å²) in [7, 11) is -3.30. The Morgan fingerprint density at radius 3 is 1.69 bits per heavy atom. The number of nitrogens with zero attached hydrogens (tertiary/aromatic N) is 2. The number of alkyl halides is 3. The van der Waals surface area contributed by atoms with Crippen LogP contribution in [0.1, 0.15) is 5.56 Å². The number of hydrogen-bond donors (Lipinski definition) is 0. The standard InChI is InChI=1S/C18H13F3N2O2S/c1-26(24,25)15-8-4-13(5-9-15)17-11-22-10-16(23-17)12-2-6-14(7-3-12)18(19,20)21/h2-11H,1H3. The summed E-state index contributed by atoms with van der Waals surface area (Å²) in [5.74, 6) is 0. The van der Waals surface area contributed by atoms with Crippen LogP contribution in [0.5, 0.6) is 0 Å². The molecule has 0 amide bonds. The van der Waals surface area contributed by atoms with Crippen LogP contribution in [0.15, 0.2) is 65.8 Å². The van der Waals surface area contributed by atoms with Crippen molar-refractivity contribution in [2.45, 2.75) is 11.1 Å². The van der Waals surface area contributed by atoms with Crippen LogP contribution >= 0.6 is 0 Å². The van der Waals surface area contributed by atoms with E-state index in [1.54, 1.807) is 12.1 Å². The summed E-state index contributed by atoms with van der Waals surface area (Å²) >= 11 is 0. The predicted octanol–water partition coefficient (Wildman–Crippen LogP) is 4.23. The Labute approximate surface area is 148 Å². The molecule has 0 radical (unpaired) electrons. The van der Waals surface area contributed by atoms with Gasteiger partial charge in [0.15, 0.2) is 9.84 Å². The van der Waals surface area contributed by atoms with Gasteiger partial charge in [-0.25, -0.2) is 13.4 Å². The zero-order chi connectivity index (χ0) is 18.9. The molecule has 0 bridgehead atoms. The molecule has 2 aromatic carbocycles. The van der Waals surface area contributed by atoms with Crippen LogP contribution < -0.4 is 0 Å². The van der Waals surface area contributed by atoms with E-state index in [-0.39, 0.29) is 4.90 Å². The molecule has 0 N–H and O–H groups in total. The Morgan fingerprint density at radius 1 is 0.808 bits per heavy atom. The number of benzene rings is 2. The largest absolute Gasteiger partial charge is 0.416 e. The summed E-state index contributed by atoms with van der Waals surface area (Å²) in [5.41, 5.74) is 1.33. The van der Waals surface area contributed by atoms with Crippen molar-refractivity contribution in [1.82, 2.24) is 9.97 Å². The smallest absolute Gasteiger partial charge is 0.260 e. The molecule has 3 aromatic rings. The molecular weight excluding hydrogens is 365 g/mol. The number of sulfone groups is 1. The Balaban J connectivity index is 1.93. The van der Waals surface area contributed by atoms with Crippen LogP contribution in [0, 0.1) is 0 Å². The molecule has 3 rings (SSSR count). The van der Waals surface area contributed by atoms with Gasteiger partial charge in [-0.15, -0.1) is 0 Å². The van der Waals surface area contributed by atoms with Crippen LogP contribution in [-0.4, -0.2) is 24.6 Å². The normalized spacial score (nSPS) is 12.2. The molecule has 0 unspecified atom stereocenters. The van der Waals surface area contributed by atoms with Crippen molar-refractivity contribution in [3.8, 4) is 22.5 Å². The van der Waals surface area contributed by atoms with Crippen LogP contribution in [0.3, 0.4) is 0 Å². The van der Waals surface area contributed by atoms with Crippen molar-refractivity contribution in [2.24, 2.45) is 0 Å². The molecular formula is C18H13F3N2O2S. The van der Waals surface area contributed by atoms with E-state index in [1.807, 2.05) is 0 Å². The highest BCUT2D eigenvalue weighted by Gasteiger charge is 2.30. The van der Waals surface area contributed by atoms with Crippen molar-refractivity contribution in [1.29, 1.82) is 0 Å². The average Bonchev–Trinajstić information content (AvgIpc) is 2.61. The third-order valence-electron chi connectivity index (χ3n) is 3.72. The van der Waals surface area contributed by atoms with Crippen molar-refractivity contribution in [3.05, 3.63) is 66.5 Å². The first-order valence-corrected chi connectivity index (χ1v) is 9.34. The molecule has 1 heterocycles. The van der Waals surface area contributed by atoms with Gasteiger partial charge in [0.25, 0.3) is 0 Å². The fourth-order valence-corrected chi connectivity index (χ4v) is 2.98. The van der Waals surface area contributed by atoms with Gasteiger partial charge >= 0.3 is 6.18 Å². The molecule has 0 aliphatic rings. The SMILES string of the molecule is CS(=O)(=O)c1ccc(-c2cncc(-c3ccc(C(F)(F)F)cc3)n2)cc1. The molecule has 0 fully saturated rings. The second-order valence-electron chi connectivity index (χ2n) is 5.66. The maximum absolute atomic E-state index is 12.7.